The van der Waals surface area contributed by atoms with Crippen LogP contribution < -0.4 is 5.73 Å². The van der Waals surface area contributed by atoms with Gasteiger partial charge in [0.25, 0.3) is 0 Å². The zero-order valence-corrected chi connectivity index (χ0v) is 18.0. The van der Waals surface area contributed by atoms with Gasteiger partial charge in [-0.1, -0.05) is 12.1 Å². The third-order valence-corrected chi connectivity index (χ3v) is 7.28. The number of nitrogens with zero attached hydrogens (tertiary/aromatic N) is 3. The van der Waals surface area contributed by atoms with Crippen molar-refractivity contribution in [3.8, 4) is 21.7 Å². The monoisotopic (exact) mass is 416 g/mol. The number of rotatable bonds is 3. The molecule has 0 aliphatic carbocycles. The second-order valence-electron chi connectivity index (χ2n) is 7.86. The van der Waals surface area contributed by atoms with Crippen LogP contribution in [0, 0.1) is 13.8 Å². The first-order valence-corrected chi connectivity index (χ1v) is 11.1. The Labute approximate surface area is 180 Å². The molecule has 0 spiro atoms. The molecule has 1 aliphatic rings. The number of aryl methyl sites for hydroxylation is 2. The zero-order chi connectivity index (χ0) is 20.7. The summed E-state index contributed by atoms with van der Waals surface area (Å²) in [7, 11) is 0. The highest BCUT2D eigenvalue weighted by Gasteiger charge is 2.22. The van der Waals surface area contributed by atoms with Crippen LogP contribution >= 0.6 is 11.3 Å². The van der Waals surface area contributed by atoms with Crippen LogP contribution in [0.1, 0.15) is 34.9 Å². The van der Waals surface area contributed by atoms with Crippen molar-refractivity contribution in [2.75, 3.05) is 18.9 Å². The van der Waals surface area contributed by atoms with Crippen molar-refractivity contribution < 1.29 is 4.74 Å². The van der Waals surface area contributed by atoms with Gasteiger partial charge in [0.05, 0.1) is 5.69 Å². The average Bonchev–Trinajstić information content (AvgIpc) is 3.16. The minimum absolute atomic E-state index is 0.537. The van der Waals surface area contributed by atoms with E-state index in [2.05, 4.69) is 42.0 Å². The number of nitrogen functional groups attached to an aromatic ring is 1. The lowest BCUT2D eigenvalue weighted by Gasteiger charge is -2.21. The fraction of sp³-hybridized carbons (Fsp3) is 0.292. The maximum Gasteiger partial charge on any atom is 0.131 e. The Kier molecular flexibility index (Phi) is 4.97. The van der Waals surface area contributed by atoms with Gasteiger partial charge in [-0.25, -0.2) is 9.97 Å². The van der Waals surface area contributed by atoms with Crippen molar-refractivity contribution in [1.29, 1.82) is 0 Å². The molecule has 4 heterocycles. The van der Waals surface area contributed by atoms with Gasteiger partial charge in [-0.15, -0.1) is 11.3 Å². The van der Waals surface area contributed by atoms with Gasteiger partial charge in [0.1, 0.15) is 10.8 Å². The summed E-state index contributed by atoms with van der Waals surface area (Å²) in [5.74, 6) is 1.08. The lowest BCUT2D eigenvalue weighted by Crippen LogP contribution is -2.13. The van der Waals surface area contributed by atoms with Crippen LogP contribution in [0.4, 0.5) is 5.82 Å². The molecular weight excluding hydrogens is 392 g/mol. The van der Waals surface area contributed by atoms with E-state index in [0.717, 1.165) is 64.2 Å². The molecule has 1 saturated heterocycles. The predicted molar refractivity (Wildman–Crippen MR) is 123 cm³/mol. The largest absolute Gasteiger partial charge is 0.383 e. The molecule has 1 fully saturated rings. The quantitative estimate of drug-likeness (QED) is 0.476. The second kappa shape index (κ2) is 7.78. The molecule has 1 aliphatic heterocycles. The molecule has 152 valence electrons. The summed E-state index contributed by atoms with van der Waals surface area (Å²) in [4.78, 5) is 15.1. The SMILES string of the molecule is Cc1ccncc1-c1ccc2c(-c3nc(C)c(C4CCOCC4)s3)cnc(N)c2c1. The summed E-state index contributed by atoms with van der Waals surface area (Å²) in [6, 6.07) is 8.41. The van der Waals surface area contributed by atoms with Crippen LogP contribution in [0.5, 0.6) is 0 Å². The summed E-state index contributed by atoms with van der Waals surface area (Å²) >= 11 is 1.79. The number of aromatic nitrogens is 3. The summed E-state index contributed by atoms with van der Waals surface area (Å²) in [6.45, 7) is 5.87. The van der Waals surface area contributed by atoms with Crippen LogP contribution in [-0.2, 0) is 4.74 Å². The summed E-state index contributed by atoms with van der Waals surface area (Å²) in [6.07, 6.45) is 7.70. The Hall–Kier alpha value is -2.83. The molecule has 0 unspecified atom stereocenters. The minimum Gasteiger partial charge on any atom is -0.383 e. The first kappa shape index (κ1) is 19.2. The molecule has 5 nitrogen and oxygen atoms in total. The molecule has 30 heavy (non-hydrogen) atoms. The molecule has 4 aromatic rings. The van der Waals surface area contributed by atoms with Crippen molar-refractivity contribution in [2.45, 2.75) is 32.6 Å². The van der Waals surface area contributed by atoms with Crippen LogP contribution in [-0.4, -0.2) is 28.2 Å². The molecule has 1 aromatic carbocycles. The highest BCUT2D eigenvalue weighted by Crippen LogP contribution is 2.40. The van der Waals surface area contributed by atoms with Crippen LogP contribution in [0.25, 0.3) is 32.5 Å². The topological polar surface area (TPSA) is 73.9 Å². The van der Waals surface area contributed by atoms with Gasteiger partial charge in [0, 0.05) is 53.2 Å². The van der Waals surface area contributed by atoms with E-state index in [0.29, 0.717) is 11.7 Å². The first-order valence-electron chi connectivity index (χ1n) is 10.3. The van der Waals surface area contributed by atoms with Gasteiger partial charge in [-0.05, 0) is 61.3 Å². The molecular formula is C24H24N4OS. The third-order valence-electron chi connectivity index (χ3n) is 5.92. The van der Waals surface area contributed by atoms with E-state index >= 15 is 0 Å². The van der Waals surface area contributed by atoms with Gasteiger partial charge in [0.2, 0.25) is 0 Å². The molecule has 0 saturated carbocycles. The molecule has 6 heteroatoms. The number of thiazole rings is 1. The zero-order valence-electron chi connectivity index (χ0n) is 17.2. The van der Waals surface area contributed by atoms with Gasteiger partial charge in [0.15, 0.2) is 0 Å². The number of benzene rings is 1. The van der Waals surface area contributed by atoms with Crippen molar-refractivity contribution >= 4 is 27.9 Å². The van der Waals surface area contributed by atoms with Crippen LogP contribution in [0.2, 0.25) is 0 Å². The standard InChI is InChI=1S/C24H24N4OS/c1-14-5-8-26-12-20(14)17-3-4-18-19(11-17)23(25)27-13-21(18)24-28-15(2)22(30-24)16-6-9-29-10-7-16/h3-5,8,11-13,16H,6-7,9-10H2,1-2H3,(H2,25,27). The number of pyridine rings is 2. The van der Waals surface area contributed by atoms with Crippen LogP contribution in [0.3, 0.4) is 0 Å². The smallest absolute Gasteiger partial charge is 0.131 e. The van der Waals surface area contributed by atoms with E-state index in [1.807, 2.05) is 24.7 Å². The first-order chi connectivity index (χ1) is 14.6. The van der Waals surface area contributed by atoms with E-state index in [-0.39, 0.29) is 0 Å². The third kappa shape index (κ3) is 3.36. The highest BCUT2D eigenvalue weighted by atomic mass is 32.1. The van der Waals surface area contributed by atoms with E-state index in [1.54, 1.807) is 11.3 Å². The maximum atomic E-state index is 6.28. The lowest BCUT2D eigenvalue weighted by atomic mass is 9.97. The second-order valence-corrected chi connectivity index (χ2v) is 8.89. The normalized spacial score (nSPS) is 15.0. The predicted octanol–water partition coefficient (Wildman–Crippen LogP) is 5.51. The number of fused-ring (bicyclic) bond motifs is 1. The molecule has 0 radical (unpaired) electrons. The summed E-state index contributed by atoms with van der Waals surface area (Å²) in [5, 5.41) is 3.05. The number of hydrogen-bond acceptors (Lipinski definition) is 6. The Balaban J connectivity index is 1.61. The van der Waals surface area contributed by atoms with Crippen molar-refractivity contribution in [3.63, 3.8) is 0 Å². The summed E-state index contributed by atoms with van der Waals surface area (Å²) in [5.41, 5.74) is 11.8. The molecule has 0 atom stereocenters. The summed E-state index contributed by atoms with van der Waals surface area (Å²) < 4.78 is 5.54. The van der Waals surface area contributed by atoms with E-state index in [9.17, 15) is 0 Å². The average molecular weight is 417 g/mol. The maximum absolute atomic E-state index is 6.28. The Bertz CT molecular complexity index is 1230. The van der Waals surface area contributed by atoms with Gasteiger partial charge < -0.3 is 10.5 Å². The van der Waals surface area contributed by atoms with E-state index in [1.165, 1.54) is 10.4 Å². The van der Waals surface area contributed by atoms with Gasteiger partial charge >= 0.3 is 0 Å². The van der Waals surface area contributed by atoms with Gasteiger partial charge in [-0.3, -0.25) is 4.98 Å². The molecule has 3 aromatic heterocycles. The van der Waals surface area contributed by atoms with Crippen molar-refractivity contribution in [3.05, 3.63) is 59.0 Å². The number of nitrogens with two attached hydrogens (primary N) is 1. The molecule has 0 bridgehead atoms. The molecule has 5 rings (SSSR count). The lowest BCUT2D eigenvalue weighted by molar-refractivity contribution is 0.0858. The van der Waals surface area contributed by atoms with Gasteiger partial charge in [-0.2, -0.15) is 0 Å². The number of anilines is 1. The Morgan fingerprint density at radius 1 is 1.03 bits per heavy atom. The number of hydrogen-bond donors (Lipinski definition) is 1. The van der Waals surface area contributed by atoms with Crippen molar-refractivity contribution in [1.82, 2.24) is 15.0 Å². The highest BCUT2D eigenvalue weighted by molar-refractivity contribution is 7.15. The number of ether oxygens (including phenoxy) is 1. The van der Waals surface area contributed by atoms with E-state index < -0.39 is 0 Å². The minimum atomic E-state index is 0.537. The fourth-order valence-electron chi connectivity index (χ4n) is 4.23. The Morgan fingerprint density at radius 2 is 1.87 bits per heavy atom. The van der Waals surface area contributed by atoms with E-state index in [4.69, 9.17) is 15.5 Å². The van der Waals surface area contributed by atoms with Crippen LogP contribution in [0.15, 0.2) is 42.9 Å². The Morgan fingerprint density at radius 3 is 2.67 bits per heavy atom. The van der Waals surface area contributed by atoms with Crippen molar-refractivity contribution in [2.24, 2.45) is 0 Å². The molecule has 0 amide bonds. The molecule has 2 N–H and O–H groups in total. The fourth-order valence-corrected chi connectivity index (χ4v) is 5.49.